The lowest BCUT2D eigenvalue weighted by molar-refractivity contribution is -0.140. The van der Waals surface area contributed by atoms with Crippen LogP contribution in [0.25, 0.3) is 0 Å². The summed E-state index contributed by atoms with van der Waals surface area (Å²) in [6, 6.07) is 8.80. The maximum atomic E-state index is 13.5. The number of benzene rings is 1. The van der Waals surface area contributed by atoms with Gasteiger partial charge in [0.2, 0.25) is 11.8 Å². The van der Waals surface area contributed by atoms with E-state index in [-0.39, 0.29) is 36.1 Å². The fraction of sp³-hybridized carbons (Fsp3) is 0.455. The molecule has 1 aromatic heterocycles. The van der Waals surface area contributed by atoms with Gasteiger partial charge in [0, 0.05) is 10.9 Å². The van der Waals surface area contributed by atoms with Crippen molar-refractivity contribution in [2.75, 3.05) is 5.88 Å². The SMILES string of the molecule is CC1CCC(NC(=O)C(c2ccc(F)cc2)N(Cc2cccs2)C(=O)CCl)CC1. The van der Waals surface area contributed by atoms with E-state index in [2.05, 4.69) is 12.2 Å². The highest BCUT2D eigenvalue weighted by molar-refractivity contribution is 7.09. The Morgan fingerprint density at radius 3 is 2.48 bits per heavy atom. The number of nitrogens with zero attached hydrogens (tertiary/aromatic N) is 1. The van der Waals surface area contributed by atoms with E-state index in [0.717, 1.165) is 30.6 Å². The van der Waals surface area contributed by atoms with E-state index in [1.807, 2.05) is 17.5 Å². The van der Waals surface area contributed by atoms with Crippen LogP contribution in [0.15, 0.2) is 41.8 Å². The molecule has 0 radical (unpaired) electrons. The predicted octanol–water partition coefficient (Wildman–Crippen LogP) is 4.89. The largest absolute Gasteiger partial charge is 0.351 e. The van der Waals surface area contributed by atoms with Crippen LogP contribution in [0.4, 0.5) is 4.39 Å². The Morgan fingerprint density at radius 1 is 1.21 bits per heavy atom. The van der Waals surface area contributed by atoms with Crippen LogP contribution >= 0.6 is 22.9 Å². The molecule has 1 saturated carbocycles. The Hall–Kier alpha value is -1.92. The molecule has 1 aliphatic rings. The van der Waals surface area contributed by atoms with Crippen molar-refractivity contribution < 1.29 is 14.0 Å². The lowest BCUT2D eigenvalue weighted by Crippen LogP contribution is -2.47. The van der Waals surface area contributed by atoms with Crippen LogP contribution in [0.1, 0.15) is 49.1 Å². The van der Waals surface area contributed by atoms with Gasteiger partial charge in [-0.1, -0.05) is 25.1 Å². The van der Waals surface area contributed by atoms with Gasteiger partial charge in [0.15, 0.2) is 0 Å². The first-order valence-corrected chi connectivity index (χ1v) is 11.3. The van der Waals surface area contributed by atoms with Gasteiger partial charge in [-0.25, -0.2) is 4.39 Å². The Balaban J connectivity index is 1.88. The quantitative estimate of drug-likeness (QED) is 0.628. The Labute approximate surface area is 180 Å². The first-order chi connectivity index (χ1) is 14.0. The monoisotopic (exact) mass is 436 g/mol. The molecule has 0 saturated heterocycles. The first-order valence-electron chi connectivity index (χ1n) is 9.91. The molecule has 156 valence electrons. The third-order valence-electron chi connectivity index (χ3n) is 5.45. The van der Waals surface area contributed by atoms with Crippen LogP contribution in [-0.4, -0.2) is 28.6 Å². The average Bonchev–Trinajstić information content (AvgIpc) is 3.23. The molecule has 1 aliphatic carbocycles. The lowest BCUT2D eigenvalue weighted by atomic mass is 9.87. The van der Waals surface area contributed by atoms with Gasteiger partial charge < -0.3 is 10.2 Å². The van der Waals surface area contributed by atoms with E-state index in [4.69, 9.17) is 11.6 Å². The summed E-state index contributed by atoms with van der Waals surface area (Å²) in [6.07, 6.45) is 4.01. The van der Waals surface area contributed by atoms with Gasteiger partial charge in [-0.05, 0) is 60.7 Å². The molecule has 2 aromatic rings. The predicted molar refractivity (Wildman–Crippen MR) is 114 cm³/mol. The lowest BCUT2D eigenvalue weighted by Gasteiger charge is -2.33. The van der Waals surface area contributed by atoms with Crippen molar-refractivity contribution in [2.24, 2.45) is 5.92 Å². The molecule has 1 heterocycles. The van der Waals surface area contributed by atoms with Crippen molar-refractivity contribution >= 4 is 34.8 Å². The Bertz CT molecular complexity index is 805. The van der Waals surface area contributed by atoms with Gasteiger partial charge in [0.05, 0.1) is 6.54 Å². The van der Waals surface area contributed by atoms with Gasteiger partial charge in [-0.3, -0.25) is 9.59 Å². The summed E-state index contributed by atoms with van der Waals surface area (Å²) in [7, 11) is 0. The average molecular weight is 437 g/mol. The molecule has 1 N–H and O–H groups in total. The number of halogens is 2. The first kappa shape index (κ1) is 21.8. The number of nitrogens with one attached hydrogen (secondary N) is 1. The van der Waals surface area contributed by atoms with Gasteiger partial charge >= 0.3 is 0 Å². The van der Waals surface area contributed by atoms with Crippen LogP contribution in [0.3, 0.4) is 0 Å². The van der Waals surface area contributed by atoms with Crippen LogP contribution in [0, 0.1) is 11.7 Å². The molecule has 1 atom stereocenters. The summed E-state index contributed by atoms with van der Waals surface area (Å²) in [4.78, 5) is 28.5. The molecule has 0 bridgehead atoms. The summed E-state index contributed by atoms with van der Waals surface area (Å²) < 4.78 is 13.5. The minimum atomic E-state index is -0.858. The molecule has 1 unspecified atom stereocenters. The van der Waals surface area contributed by atoms with Crippen molar-refractivity contribution in [3.63, 3.8) is 0 Å². The number of thiophene rings is 1. The van der Waals surface area contributed by atoms with Gasteiger partial charge in [0.1, 0.15) is 17.7 Å². The minimum absolute atomic E-state index is 0.0938. The molecule has 1 fully saturated rings. The summed E-state index contributed by atoms with van der Waals surface area (Å²) in [6.45, 7) is 2.50. The number of carbonyl (C=O) groups is 2. The molecule has 2 amide bonds. The van der Waals surface area contributed by atoms with Crippen molar-refractivity contribution in [1.82, 2.24) is 10.2 Å². The highest BCUT2D eigenvalue weighted by atomic mass is 35.5. The Morgan fingerprint density at radius 2 is 1.90 bits per heavy atom. The molecule has 0 spiro atoms. The zero-order valence-corrected chi connectivity index (χ0v) is 18.0. The third-order valence-corrected chi connectivity index (χ3v) is 6.54. The molecule has 3 rings (SSSR count). The number of rotatable bonds is 7. The van der Waals surface area contributed by atoms with Crippen molar-refractivity contribution in [3.05, 3.63) is 58.0 Å². The van der Waals surface area contributed by atoms with Crippen molar-refractivity contribution in [2.45, 2.75) is 51.2 Å². The summed E-state index contributed by atoms with van der Waals surface area (Å²) in [5.74, 6) is -0.517. The molecular weight excluding hydrogens is 411 g/mol. The zero-order valence-electron chi connectivity index (χ0n) is 16.4. The standard InChI is InChI=1S/C22H26ClFN2O2S/c1-15-4-10-18(11-5-15)25-22(28)21(16-6-8-17(24)9-7-16)26(20(27)13-23)14-19-3-2-12-29-19/h2-3,6-9,12,15,18,21H,4-5,10-11,13-14H2,1H3,(H,25,28). The molecule has 4 nitrogen and oxygen atoms in total. The van der Waals surface area contributed by atoms with Crippen LogP contribution in [0.2, 0.25) is 0 Å². The maximum Gasteiger partial charge on any atom is 0.247 e. The second-order valence-corrected chi connectivity index (χ2v) is 8.95. The fourth-order valence-electron chi connectivity index (χ4n) is 3.77. The van der Waals surface area contributed by atoms with E-state index in [1.165, 1.54) is 28.4 Å². The molecule has 0 aliphatic heterocycles. The van der Waals surface area contributed by atoms with Gasteiger partial charge in [-0.2, -0.15) is 0 Å². The zero-order chi connectivity index (χ0) is 20.8. The van der Waals surface area contributed by atoms with Crippen LogP contribution in [-0.2, 0) is 16.1 Å². The topological polar surface area (TPSA) is 49.4 Å². The van der Waals surface area contributed by atoms with E-state index < -0.39 is 6.04 Å². The minimum Gasteiger partial charge on any atom is -0.351 e. The highest BCUT2D eigenvalue weighted by Gasteiger charge is 2.33. The normalized spacial score (nSPS) is 20.1. The van der Waals surface area contributed by atoms with Crippen molar-refractivity contribution in [1.29, 1.82) is 0 Å². The fourth-order valence-corrected chi connectivity index (χ4v) is 4.63. The molecular formula is C22H26ClFN2O2S. The maximum absolute atomic E-state index is 13.5. The number of amides is 2. The van der Waals surface area contributed by atoms with E-state index in [9.17, 15) is 14.0 Å². The van der Waals surface area contributed by atoms with Gasteiger partial charge in [-0.15, -0.1) is 22.9 Å². The number of hydrogen-bond acceptors (Lipinski definition) is 3. The van der Waals surface area contributed by atoms with Crippen LogP contribution < -0.4 is 5.32 Å². The molecule has 7 heteroatoms. The van der Waals surface area contributed by atoms with E-state index >= 15 is 0 Å². The number of alkyl halides is 1. The van der Waals surface area contributed by atoms with E-state index in [0.29, 0.717) is 11.5 Å². The van der Waals surface area contributed by atoms with E-state index in [1.54, 1.807) is 12.1 Å². The van der Waals surface area contributed by atoms with Crippen LogP contribution in [0.5, 0.6) is 0 Å². The summed E-state index contributed by atoms with van der Waals surface area (Å²) in [5.41, 5.74) is 0.572. The molecule has 1 aromatic carbocycles. The summed E-state index contributed by atoms with van der Waals surface area (Å²) >= 11 is 7.39. The Kier molecular flexibility index (Phi) is 7.67. The van der Waals surface area contributed by atoms with Gasteiger partial charge in [0.25, 0.3) is 0 Å². The van der Waals surface area contributed by atoms with Crippen molar-refractivity contribution in [3.8, 4) is 0 Å². The highest BCUT2D eigenvalue weighted by Crippen LogP contribution is 2.28. The second-order valence-electron chi connectivity index (χ2n) is 7.65. The smallest absolute Gasteiger partial charge is 0.247 e. The third kappa shape index (κ3) is 5.80. The molecule has 29 heavy (non-hydrogen) atoms. The number of carbonyl (C=O) groups excluding carboxylic acids is 2. The summed E-state index contributed by atoms with van der Waals surface area (Å²) in [5, 5.41) is 5.05. The number of hydrogen-bond donors (Lipinski definition) is 1. The second kappa shape index (κ2) is 10.2.